The molecule has 1 N–H and O–H groups in total. The van der Waals surface area contributed by atoms with Crippen molar-refractivity contribution in [3.8, 4) is 0 Å². The summed E-state index contributed by atoms with van der Waals surface area (Å²) in [5.74, 6) is -1.44. The first-order valence-electron chi connectivity index (χ1n) is 4.95. The Morgan fingerprint density at radius 2 is 2.12 bits per heavy atom. The molecule has 0 aliphatic carbocycles. The van der Waals surface area contributed by atoms with Gasteiger partial charge in [-0.15, -0.1) is 0 Å². The number of hydrogen-bond acceptors (Lipinski definition) is 3. The summed E-state index contributed by atoms with van der Waals surface area (Å²) in [7, 11) is 1.17. The molecule has 0 radical (unpaired) electrons. The fourth-order valence-electron chi connectivity index (χ4n) is 1.70. The van der Waals surface area contributed by atoms with Gasteiger partial charge in [-0.1, -0.05) is 6.07 Å². The maximum atomic E-state index is 13.6. The number of esters is 1. The molecule has 0 fully saturated rings. The molecule has 0 unspecified atom stereocenters. The number of nitrogens with one attached hydrogen (secondary N) is 1. The van der Waals surface area contributed by atoms with E-state index in [2.05, 4.69) is 9.72 Å². The molecule has 2 aromatic rings. The predicted octanol–water partition coefficient (Wildman–Crippen LogP) is 1.76. The Bertz CT molecular complexity index is 661. The molecule has 5 heteroatoms. The van der Waals surface area contributed by atoms with Crippen LogP contribution in [-0.2, 0) is 4.74 Å². The number of ether oxygens (including phenoxy) is 1. The number of pyridine rings is 1. The van der Waals surface area contributed by atoms with Gasteiger partial charge in [-0.25, -0.2) is 9.18 Å². The molecule has 0 bridgehead atoms. The number of fused-ring (bicyclic) bond motifs is 1. The molecule has 17 heavy (non-hydrogen) atoms. The largest absolute Gasteiger partial charge is 0.465 e. The topological polar surface area (TPSA) is 59.2 Å². The minimum Gasteiger partial charge on any atom is -0.465 e. The summed E-state index contributed by atoms with van der Waals surface area (Å²) in [6.45, 7) is 1.75. The van der Waals surface area contributed by atoms with E-state index in [0.717, 1.165) is 5.56 Å². The van der Waals surface area contributed by atoms with Crippen LogP contribution in [-0.4, -0.2) is 18.1 Å². The average molecular weight is 235 g/mol. The third-order valence-electron chi connectivity index (χ3n) is 2.60. The Hall–Kier alpha value is -2.17. The second-order valence-corrected chi connectivity index (χ2v) is 3.64. The van der Waals surface area contributed by atoms with Crippen molar-refractivity contribution >= 4 is 16.9 Å². The molecule has 2 rings (SSSR count). The molecule has 0 spiro atoms. The summed E-state index contributed by atoms with van der Waals surface area (Å²) in [5.41, 5.74) is 0.258. The van der Waals surface area contributed by atoms with Gasteiger partial charge < -0.3 is 9.72 Å². The maximum Gasteiger partial charge on any atom is 0.343 e. The molecule has 4 nitrogen and oxygen atoms in total. The second kappa shape index (κ2) is 4.01. The van der Waals surface area contributed by atoms with E-state index < -0.39 is 17.2 Å². The van der Waals surface area contributed by atoms with Gasteiger partial charge in [-0.3, -0.25) is 4.79 Å². The molecule has 0 aliphatic rings. The molecule has 0 atom stereocenters. The molecule has 88 valence electrons. The Morgan fingerprint density at radius 1 is 1.41 bits per heavy atom. The lowest BCUT2D eigenvalue weighted by Crippen LogP contribution is -2.18. The number of aromatic amines is 1. The van der Waals surface area contributed by atoms with Gasteiger partial charge in [0, 0.05) is 6.20 Å². The highest BCUT2D eigenvalue weighted by molar-refractivity contribution is 5.94. The number of rotatable bonds is 1. The van der Waals surface area contributed by atoms with Crippen LogP contribution in [0.1, 0.15) is 15.9 Å². The predicted molar refractivity (Wildman–Crippen MR) is 60.6 cm³/mol. The van der Waals surface area contributed by atoms with E-state index in [1.54, 1.807) is 13.0 Å². The van der Waals surface area contributed by atoms with Gasteiger partial charge in [-0.2, -0.15) is 0 Å². The van der Waals surface area contributed by atoms with Gasteiger partial charge in [0.15, 0.2) is 0 Å². The summed E-state index contributed by atoms with van der Waals surface area (Å²) in [4.78, 5) is 26.0. The fraction of sp³-hybridized carbons (Fsp3) is 0.167. The first-order valence-corrected chi connectivity index (χ1v) is 4.95. The molecule has 1 heterocycles. The first-order chi connectivity index (χ1) is 8.06. The van der Waals surface area contributed by atoms with E-state index >= 15 is 0 Å². The molecular weight excluding hydrogens is 225 g/mol. The summed E-state index contributed by atoms with van der Waals surface area (Å²) in [6.07, 6.45) is 1.24. The van der Waals surface area contributed by atoms with Gasteiger partial charge in [0.25, 0.3) is 0 Å². The Labute approximate surface area is 96.0 Å². The normalized spacial score (nSPS) is 10.5. The Kier molecular flexibility index (Phi) is 2.67. The zero-order chi connectivity index (χ0) is 12.6. The van der Waals surface area contributed by atoms with Crippen LogP contribution in [0.5, 0.6) is 0 Å². The standard InChI is InChI=1S/C12H10FNO3/c1-6-3-4-8(13)9-10(6)14-5-7(11(9)15)12(16)17-2/h3-5H,1-2H3,(H,14,15). The molecule has 0 saturated heterocycles. The van der Waals surface area contributed by atoms with Gasteiger partial charge in [0.2, 0.25) is 5.43 Å². The summed E-state index contributed by atoms with van der Waals surface area (Å²) in [6, 6.07) is 2.76. The molecule has 1 aromatic heterocycles. The van der Waals surface area contributed by atoms with Crippen LogP contribution in [0.4, 0.5) is 4.39 Å². The van der Waals surface area contributed by atoms with Crippen molar-refractivity contribution in [2.45, 2.75) is 6.92 Å². The van der Waals surface area contributed by atoms with Gasteiger partial charge in [0.05, 0.1) is 18.0 Å². The first kappa shape index (κ1) is 11.3. The van der Waals surface area contributed by atoms with Crippen LogP contribution in [0.25, 0.3) is 10.9 Å². The maximum absolute atomic E-state index is 13.6. The SMILES string of the molecule is COC(=O)c1c[nH]c2c(C)ccc(F)c2c1=O. The second-order valence-electron chi connectivity index (χ2n) is 3.64. The van der Waals surface area contributed by atoms with Crippen molar-refractivity contribution in [1.82, 2.24) is 4.98 Å². The Morgan fingerprint density at radius 3 is 2.76 bits per heavy atom. The van der Waals surface area contributed by atoms with Crippen LogP contribution in [0.15, 0.2) is 23.1 Å². The number of aromatic nitrogens is 1. The highest BCUT2D eigenvalue weighted by Gasteiger charge is 2.16. The van der Waals surface area contributed by atoms with Crippen LogP contribution >= 0.6 is 0 Å². The van der Waals surface area contributed by atoms with Crippen molar-refractivity contribution < 1.29 is 13.9 Å². The van der Waals surface area contributed by atoms with Crippen molar-refractivity contribution in [1.29, 1.82) is 0 Å². The van der Waals surface area contributed by atoms with E-state index in [1.807, 2.05) is 0 Å². The molecule has 0 saturated carbocycles. The number of benzene rings is 1. The number of H-pyrrole nitrogens is 1. The molecule has 0 aliphatic heterocycles. The lowest BCUT2D eigenvalue weighted by atomic mass is 10.1. The summed E-state index contributed by atoms with van der Waals surface area (Å²) in [5, 5.41) is -0.118. The third kappa shape index (κ3) is 1.69. The number of hydrogen-bond donors (Lipinski definition) is 1. The summed E-state index contributed by atoms with van der Waals surface area (Å²) < 4.78 is 18.1. The molecule has 0 amide bonds. The lowest BCUT2D eigenvalue weighted by molar-refractivity contribution is 0.0599. The zero-order valence-electron chi connectivity index (χ0n) is 9.33. The van der Waals surface area contributed by atoms with Crippen molar-refractivity contribution in [3.05, 3.63) is 45.5 Å². The smallest absolute Gasteiger partial charge is 0.343 e. The molecule has 1 aromatic carbocycles. The van der Waals surface area contributed by atoms with Gasteiger partial charge in [-0.05, 0) is 18.6 Å². The number of carbonyl (C=O) groups excluding carboxylic acids is 1. The molecular formula is C12H10FNO3. The highest BCUT2D eigenvalue weighted by atomic mass is 19.1. The van der Waals surface area contributed by atoms with Crippen molar-refractivity contribution in [3.63, 3.8) is 0 Å². The number of aryl methyl sites for hydroxylation is 1. The van der Waals surface area contributed by atoms with Gasteiger partial charge in [0.1, 0.15) is 11.4 Å². The van der Waals surface area contributed by atoms with E-state index in [0.29, 0.717) is 5.52 Å². The minimum atomic E-state index is -0.783. The quantitative estimate of drug-likeness (QED) is 0.766. The zero-order valence-corrected chi connectivity index (χ0v) is 9.33. The van der Waals surface area contributed by atoms with Crippen LogP contribution in [0.2, 0.25) is 0 Å². The number of carbonyl (C=O) groups is 1. The fourth-order valence-corrected chi connectivity index (χ4v) is 1.70. The third-order valence-corrected chi connectivity index (χ3v) is 2.60. The van der Waals surface area contributed by atoms with Gasteiger partial charge >= 0.3 is 5.97 Å². The number of halogens is 1. The average Bonchev–Trinajstić information content (AvgIpc) is 2.33. The van der Waals surface area contributed by atoms with E-state index in [9.17, 15) is 14.0 Å². The minimum absolute atomic E-state index is 0.118. The van der Waals surface area contributed by atoms with Crippen molar-refractivity contribution in [2.75, 3.05) is 7.11 Å². The number of methoxy groups -OCH3 is 1. The summed E-state index contributed by atoms with van der Waals surface area (Å²) >= 11 is 0. The van der Waals surface area contributed by atoms with E-state index in [1.165, 1.54) is 19.4 Å². The monoisotopic (exact) mass is 235 g/mol. The lowest BCUT2D eigenvalue weighted by Gasteiger charge is -2.05. The van der Waals surface area contributed by atoms with Crippen LogP contribution in [0, 0.1) is 12.7 Å². The highest BCUT2D eigenvalue weighted by Crippen LogP contribution is 2.16. The van der Waals surface area contributed by atoms with Crippen LogP contribution < -0.4 is 5.43 Å². The van der Waals surface area contributed by atoms with E-state index in [4.69, 9.17) is 0 Å². The van der Waals surface area contributed by atoms with E-state index in [-0.39, 0.29) is 10.9 Å². The van der Waals surface area contributed by atoms with Crippen molar-refractivity contribution in [2.24, 2.45) is 0 Å². The van der Waals surface area contributed by atoms with Crippen LogP contribution in [0.3, 0.4) is 0 Å². The Balaban J connectivity index is 2.89.